The van der Waals surface area contributed by atoms with Gasteiger partial charge in [-0.1, -0.05) is 23.9 Å². The molecule has 0 atom stereocenters. The fourth-order valence-corrected chi connectivity index (χ4v) is 4.20. The monoisotopic (exact) mass is 399 g/mol. The number of nitrogens with zero attached hydrogens (tertiary/aromatic N) is 2. The van der Waals surface area contributed by atoms with Crippen molar-refractivity contribution in [2.24, 2.45) is 0 Å². The summed E-state index contributed by atoms with van der Waals surface area (Å²) in [6.45, 7) is 4.08. The Balaban J connectivity index is 1.65. The Morgan fingerprint density at radius 1 is 1.19 bits per heavy atom. The van der Waals surface area contributed by atoms with Crippen LogP contribution in [0.15, 0.2) is 29.4 Å². The van der Waals surface area contributed by atoms with E-state index in [1.807, 2.05) is 13.8 Å². The van der Waals surface area contributed by atoms with Crippen molar-refractivity contribution in [2.75, 3.05) is 18.1 Å². The maximum absolute atomic E-state index is 12.9. The van der Waals surface area contributed by atoms with E-state index in [2.05, 4.69) is 9.97 Å². The molecule has 26 heavy (non-hydrogen) atoms. The van der Waals surface area contributed by atoms with E-state index in [-0.39, 0.29) is 12.4 Å². The molecule has 2 heterocycles. The highest BCUT2D eigenvalue weighted by atomic mass is 32.2. The number of hydrogen-bond acceptors (Lipinski definition) is 6. The molecule has 2 aromatic heterocycles. The molecule has 0 amide bonds. The summed E-state index contributed by atoms with van der Waals surface area (Å²) in [6, 6.07) is 5.16. The lowest BCUT2D eigenvalue weighted by molar-refractivity contribution is -0.138. The van der Waals surface area contributed by atoms with Crippen LogP contribution in [0, 0.1) is 13.8 Å². The van der Waals surface area contributed by atoms with Gasteiger partial charge < -0.3 is 10.5 Å². The molecule has 9 heteroatoms. The van der Waals surface area contributed by atoms with Gasteiger partial charge in [0.15, 0.2) is 5.16 Å². The second-order valence-corrected chi connectivity index (χ2v) is 7.81. The third kappa shape index (κ3) is 3.88. The molecule has 0 bridgehead atoms. The largest absolute Gasteiger partial charge is 0.492 e. The molecule has 0 saturated heterocycles. The van der Waals surface area contributed by atoms with Gasteiger partial charge in [-0.15, -0.1) is 11.3 Å². The van der Waals surface area contributed by atoms with Crippen LogP contribution in [0.5, 0.6) is 5.75 Å². The molecular formula is C17H16F3N3OS2. The van der Waals surface area contributed by atoms with E-state index in [4.69, 9.17) is 10.5 Å². The summed E-state index contributed by atoms with van der Waals surface area (Å²) >= 11 is 2.84. The van der Waals surface area contributed by atoms with Crippen LogP contribution in [0.4, 0.5) is 19.0 Å². The normalized spacial score (nSPS) is 11.9. The van der Waals surface area contributed by atoms with Crippen molar-refractivity contribution in [3.8, 4) is 5.75 Å². The van der Waals surface area contributed by atoms with E-state index >= 15 is 0 Å². The lowest BCUT2D eigenvalue weighted by Gasteiger charge is -2.13. The third-order valence-corrected chi connectivity index (χ3v) is 5.71. The van der Waals surface area contributed by atoms with E-state index in [0.29, 0.717) is 16.7 Å². The number of nitrogens with two attached hydrogens (primary N) is 1. The van der Waals surface area contributed by atoms with Crippen molar-refractivity contribution >= 4 is 39.1 Å². The fraction of sp³-hybridized carbons (Fsp3) is 0.294. The number of halogens is 3. The Morgan fingerprint density at radius 2 is 1.92 bits per heavy atom. The van der Waals surface area contributed by atoms with Crippen LogP contribution < -0.4 is 10.5 Å². The van der Waals surface area contributed by atoms with E-state index < -0.39 is 11.7 Å². The molecule has 2 N–H and O–H groups in total. The molecule has 0 saturated carbocycles. The summed E-state index contributed by atoms with van der Waals surface area (Å²) in [6.07, 6.45) is -4.44. The van der Waals surface area contributed by atoms with Gasteiger partial charge in [0, 0.05) is 10.6 Å². The number of hydrogen-bond donors (Lipinski definition) is 1. The molecule has 138 valence electrons. The zero-order valence-corrected chi connectivity index (χ0v) is 15.7. The minimum atomic E-state index is -4.44. The van der Waals surface area contributed by atoms with Crippen LogP contribution in [0.1, 0.15) is 16.0 Å². The molecule has 0 aliphatic rings. The van der Waals surface area contributed by atoms with Gasteiger partial charge in [-0.3, -0.25) is 0 Å². The van der Waals surface area contributed by atoms with E-state index in [0.717, 1.165) is 26.7 Å². The molecular weight excluding hydrogens is 383 g/mol. The lowest BCUT2D eigenvalue weighted by atomic mass is 10.2. The predicted octanol–water partition coefficient (Wildman–Crippen LogP) is 5.08. The topological polar surface area (TPSA) is 61.0 Å². The molecule has 3 aromatic rings. The third-order valence-electron chi connectivity index (χ3n) is 3.80. The SMILES string of the molecule is Cc1sc2nc(SCCOc3ccccc3C(F)(F)F)nc(N)c2c1C. The van der Waals surface area contributed by atoms with Gasteiger partial charge in [0.05, 0.1) is 17.6 Å². The Bertz CT molecular complexity index is 941. The Hall–Kier alpha value is -2.00. The Labute approximate surface area is 156 Å². The number of para-hydroxylation sites is 1. The molecule has 0 aliphatic carbocycles. The zero-order chi connectivity index (χ0) is 18.9. The first-order chi connectivity index (χ1) is 12.3. The molecule has 0 fully saturated rings. The van der Waals surface area contributed by atoms with Crippen LogP contribution in [0.3, 0.4) is 0 Å². The van der Waals surface area contributed by atoms with Crippen molar-refractivity contribution in [3.63, 3.8) is 0 Å². The van der Waals surface area contributed by atoms with Crippen molar-refractivity contribution < 1.29 is 17.9 Å². The fourth-order valence-electron chi connectivity index (χ4n) is 2.44. The van der Waals surface area contributed by atoms with Crippen LogP contribution in [0.2, 0.25) is 0 Å². The smallest absolute Gasteiger partial charge is 0.419 e. The van der Waals surface area contributed by atoms with Gasteiger partial charge in [-0.25, -0.2) is 9.97 Å². The van der Waals surface area contributed by atoms with E-state index in [1.54, 1.807) is 11.3 Å². The summed E-state index contributed by atoms with van der Waals surface area (Å²) in [5.41, 5.74) is 6.31. The van der Waals surface area contributed by atoms with Crippen LogP contribution in [-0.4, -0.2) is 22.3 Å². The molecule has 0 unspecified atom stereocenters. The average molecular weight is 399 g/mol. The van der Waals surface area contributed by atoms with Crippen molar-refractivity contribution in [1.82, 2.24) is 9.97 Å². The summed E-state index contributed by atoms with van der Waals surface area (Å²) in [4.78, 5) is 10.7. The van der Waals surface area contributed by atoms with Crippen molar-refractivity contribution in [2.45, 2.75) is 25.2 Å². The van der Waals surface area contributed by atoms with Crippen molar-refractivity contribution in [1.29, 1.82) is 0 Å². The van der Waals surface area contributed by atoms with Gasteiger partial charge in [-0.2, -0.15) is 13.2 Å². The number of thiophene rings is 1. The minimum absolute atomic E-state index is 0.0988. The number of alkyl halides is 3. The van der Waals surface area contributed by atoms with Gasteiger partial charge in [0.25, 0.3) is 0 Å². The molecule has 0 spiro atoms. The number of ether oxygens (including phenoxy) is 1. The van der Waals surface area contributed by atoms with Gasteiger partial charge in [0.1, 0.15) is 16.4 Å². The van der Waals surface area contributed by atoms with Crippen LogP contribution in [-0.2, 0) is 6.18 Å². The first-order valence-electron chi connectivity index (χ1n) is 7.72. The van der Waals surface area contributed by atoms with Gasteiger partial charge in [-0.05, 0) is 31.5 Å². The standard InChI is InChI=1S/C17H16F3N3OS2/c1-9-10(2)26-15-13(9)14(21)22-16(23-15)25-8-7-24-12-6-4-3-5-11(12)17(18,19)20/h3-6H,7-8H2,1-2H3,(H2,21,22,23). The maximum atomic E-state index is 12.9. The highest BCUT2D eigenvalue weighted by Crippen LogP contribution is 2.36. The highest BCUT2D eigenvalue weighted by Gasteiger charge is 2.33. The molecule has 4 nitrogen and oxygen atoms in total. The number of anilines is 1. The number of thioether (sulfide) groups is 1. The zero-order valence-electron chi connectivity index (χ0n) is 14.1. The summed E-state index contributed by atoms with van der Waals surface area (Å²) in [7, 11) is 0. The summed E-state index contributed by atoms with van der Waals surface area (Å²) < 4.78 is 44.1. The molecule has 0 aliphatic heterocycles. The average Bonchev–Trinajstić information content (AvgIpc) is 2.86. The minimum Gasteiger partial charge on any atom is -0.492 e. The molecule has 3 rings (SSSR count). The highest BCUT2D eigenvalue weighted by molar-refractivity contribution is 7.99. The number of nitrogen functional groups attached to an aromatic ring is 1. The first kappa shape index (κ1) is 18.8. The number of aryl methyl sites for hydroxylation is 2. The van der Waals surface area contributed by atoms with E-state index in [1.165, 1.54) is 30.0 Å². The Kier molecular flexibility index (Phi) is 5.29. The second kappa shape index (κ2) is 7.32. The number of rotatable bonds is 5. The molecule has 0 radical (unpaired) electrons. The summed E-state index contributed by atoms with van der Waals surface area (Å²) in [5, 5.41) is 1.36. The van der Waals surface area contributed by atoms with Gasteiger partial charge >= 0.3 is 6.18 Å². The summed E-state index contributed by atoms with van der Waals surface area (Å²) in [5.74, 6) is 0.643. The Morgan fingerprint density at radius 3 is 2.65 bits per heavy atom. The number of benzene rings is 1. The van der Waals surface area contributed by atoms with Crippen molar-refractivity contribution in [3.05, 3.63) is 40.3 Å². The number of fused-ring (bicyclic) bond motifs is 1. The molecule has 1 aromatic carbocycles. The van der Waals surface area contributed by atoms with Crippen LogP contribution >= 0.6 is 23.1 Å². The van der Waals surface area contributed by atoms with E-state index in [9.17, 15) is 13.2 Å². The number of aromatic nitrogens is 2. The lowest BCUT2D eigenvalue weighted by Crippen LogP contribution is -2.10. The second-order valence-electron chi connectivity index (χ2n) is 5.55. The predicted molar refractivity (Wildman–Crippen MR) is 99.0 cm³/mol. The van der Waals surface area contributed by atoms with Crippen LogP contribution in [0.25, 0.3) is 10.2 Å². The quantitative estimate of drug-likeness (QED) is 0.368. The first-order valence-corrected chi connectivity index (χ1v) is 9.52. The van der Waals surface area contributed by atoms with Gasteiger partial charge in [0.2, 0.25) is 0 Å². The maximum Gasteiger partial charge on any atom is 0.419 e.